The highest BCUT2D eigenvalue weighted by molar-refractivity contribution is 6.80. The zero-order valence-corrected chi connectivity index (χ0v) is 8.64. The maximum Gasteiger partial charge on any atom is 0.391 e. The van der Waals surface area contributed by atoms with Crippen molar-refractivity contribution in [1.82, 2.24) is 0 Å². The van der Waals surface area contributed by atoms with Crippen molar-refractivity contribution in [2.45, 2.75) is 6.61 Å². The first-order chi connectivity index (χ1) is 7.50. The Labute approximate surface area is 94.9 Å². The number of ether oxygens (including phenoxy) is 1. The molecule has 0 fully saturated rings. The van der Waals surface area contributed by atoms with Crippen LogP contribution in [0.25, 0.3) is 0 Å². The summed E-state index contributed by atoms with van der Waals surface area (Å²) in [5.41, 5.74) is 0.459. The third-order valence-corrected chi connectivity index (χ3v) is 1.83. The second kappa shape index (κ2) is 5.22. The molecule has 0 unspecified atom stereocenters. The molecular formula is C9H6ClNO5. The standard InChI is InChI=1S/C9H6ClNO5/c10-8(12)9(13)16-5-6-1-3-7(4-2-6)11(14)15/h1-4H,5H2. The average Bonchev–Trinajstić information content (AvgIpc) is 2.26. The predicted molar refractivity (Wildman–Crippen MR) is 53.8 cm³/mol. The van der Waals surface area contributed by atoms with Gasteiger partial charge in [-0.1, -0.05) is 0 Å². The van der Waals surface area contributed by atoms with Crippen LogP contribution in [-0.2, 0) is 20.9 Å². The number of nitrogens with zero attached hydrogens (tertiary/aromatic N) is 1. The van der Waals surface area contributed by atoms with E-state index < -0.39 is 16.1 Å². The maximum atomic E-state index is 10.7. The Morgan fingerprint density at radius 2 is 1.88 bits per heavy atom. The van der Waals surface area contributed by atoms with Crippen LogP contribution in [0.4, 0.5) is 5.69 Å². The second-order valence-electron chi connectivity index (χ2n) is 2.77. The molecule has 0 saturated carbocycles. The quantitative estimate of drug-likeness (QED) is 0.262. The molecular weight excluding hydrogens is 238 g/mol. The fraction of sp³-hybridized carbons (Fsp3) is 0.111. The predicted octanol–water partition coefficient (Wildman–Crippen LogP) is 1.40. The van der Waals surface area contributed by atoms with Crippen LogP contribution >= 0.6 is 11.6 Å². The number of benzene rings is 1. The van der Waals surface area contributed by atoms with Gasteiger partial charge in [-0.25, -0.2) is 4.79 Å². The van der Waals surface area contributed by atoms with Crippen molar-refractivity contribution >= 4 is 28.5 Å². The third kappa shape index (κ3) is 3.32. The van der Waals surface area contributed by atoms with Crippen LogP contribution in [0.15, 0.2) is 24.3 Å². The van der Waals surface area contributed by atoms with E-state index >= 15 is 0 Å². The molecule has 0 amide bonds. The number of rotatable bonds is 4. The van der Waals surface area contributed by atoms with Gasteiger partial charge in [-0.15, -0.1) is 0 Å². The van der Waals surface area contributed by atoms with Crippen LogP contribution in [-0.4, -0.2) is 16.1 Å². The maximum absolute atomic E-state index is 10.7. The number of nitro groups is 1. The molecule has 0 radical (unpaired) electrons. The molecule has 1 aromatic rings. The fourth-order valence-electron chi connectivity index (χ4n) is 0.920. The smallest absolute Gasteiger partial charge is 0.391 e. The second-order valence-corrected chi connectivity index (χ2v) is 3.12. The number of non-ortho nitro benzene ring substituents is 1. The summed E-state index contributed by atoms with van der Waals surface area (Å²) in [4.78, 5) is 30.8. The molecule has 0 spiro atoms. The zero-order chi connectivity index (χ0) is 12.1. The lowest BCUT2D eigenvalue weighted by Crippen LogP contribution is -2.11. The van der Waals surface area contributed by atoms with Crippen LogP contribution in [0.5, 0.6) is 0 Å². The molecule has 0 bridgehead atoms. The Morgan fingerprint density at radius 1 is 1.31 bits per heavy atom. The van der Waals surface area contributed by atoms with Crippen molar-refractivity contribution in [1.29, 1.82) is 0 Å². The summed E-state index contributed by atoms with van der Waals surface area (Å²) in [5, 5.41) is 9.12. The molecule has 0 aliphatic rings. The number of carbonyl (C=O) groups is 2. The average molecular weight is 244 g/mol. The molecule has 0 aliphatic carbocycles. The van der Waals surface area contributed by atoms with Crippen molar-refractivity contribution in [2.24, 2.45) is 0 Å². The Hall–Kier alpha value is -1.95. The molecule has 1 aromatic carbocycles. The van der Waals surface area contributed by atoms with Crippen molar-refractivity contribution in [3.8, 4) is 0 Å². The highest BCUT2D eigenvalue weighted by Gasteiger charge is 2.12. The van der Waals surface area contributed by atoms with Gasteiger partial charge in [0.05, 0.1) is 4.92 Å². The monoisotopic (exact) mass is 243 g/mol. The minimum atomic E-state index is -1.21. The van der Waals surface area contributed by atoms with Gasteiger partial charge in [-0.3, -0.25) is 14.9 Å². The fourth-order valence-corrected chi connectivity index (χ4v) is 0.974. The topological polar surface area (TPSA) is 86.5 Å². The van der Waals surface area contributed by atoms with Crippen LogP contribution in [0, 0.1) is 10.1 Å². The summed E-state index contributed by atoms with van der Waals surface area (Å²) in [6.07, 6.45) is 0. The molecule has 84 valence electrons. The number of halogens is 1. The lowest BCUT2D eigenvalue weighted by Gasteiger charge is -2.01. The third-order valence-electron chi connectivity index (χ3n) is 1.68. The van der Waals surface area contributed by atoms with E-state index in [4.69, 9.17) is 11.6 Å². The van der Waals surface area contributed by atoms with Crippen LogP contribution in [0.3, 0.4) is 0 Å². The Bertz CT molecular complexity index is 428. The zero-order valence-electron chi connectivity index (χ0n) is 7.88. The van der Waals surface area contributed by atoms with Crippen LogP contribution in [0.2, 0.25) is 0 Å². The summed E-state index contributed by atoms with van der Waals surface area (Å²) < 4.78 is 4.50. The number of esters is 1. The SMILES string of the molecule is O=C(Cl)C(=O)OCc1ccc([N+](=O)[O-])cc1. The van der Waals surface area contributed by atoms with Gasteiger partial charge in [0, 0.05) is 12.1 Å². The molecule has 0 N–H and O–H groups in total. The van der Waals surface area contributed by atoms with E-state index in [1.807, 2.05) is 0 Å². The van der Waals surface area contributed by atoms with E-state index in [2.05, 4.69) is 4.74 Å². The number of nitro benzene ring substituents is 1. The van der Waals surface area contributed by atoms with E-state index in [1.54, 1.807) is 0 Å². The summed E-state index contributed by atoms with van der Waals surface area (Å²) in [6, 6.07) is 5.38. The first kappa shape index (κ1) is 12.1. The van der Waals surface area contributed by atoms with E-state index in [0.717, 1.165) is 0 Å². The minimum Gasteiger partial charge on any atom is -0.454 e. The van der Waals surface area contributed by atoms with Gasteiger partial charge in [0.2, 0.25) is 0 Å². The van der Waals surface area contributed by atoms with Gasteiger partial charge in [-0.05, 0) is 29.3 Å². The first-order valence-electron chi connectivity index (χ1n) is 4.10. The Morgan fingerprint density at radius 3 is 2.31 bits per heavy atom. The van der Waals surface area contributed by atoms with Crippen molar-refractivity contribution in [2.75, 3.05) is 0 Å². The molecule has 1 rings (SSSR count). The molecule has 0 saturated heterocycles. The van der Waals surface area contributed by atoms with E-state index in [1.165, 1.54) is 24.3 Å². The highest BCUT2D eigenvalue weighted by atomic mass is 35.5. The van der Waals surface area contributed by atoms with E-state index in [0.29, 0.717) is 5.56 Å². The molecule has 0 heterocycles. The molecule has 6 nitrogen and oxygen atoms in total. The van der Waals surface area contributed by atoms with E-state index in [-0.39, 0.29) is 12.3 Å². The molecule has 7 heteroatoms. The van der Waals surface area contributed by atoms with Crippen LogP contribution in [0.1, 0.15) is 5.56 Å². The summed E-state index contributed by atoms with van der Waals surface area (Å²) in [6.45, 7) is -0.157. The normalized spacial score (nSPS) is 9.56. The molecule has 16 heavy (non-hydrogen) atoms. The molecule has 0 aliphatic heterocycles. The molecule has 0 atom stereocenters. The van der Waals surface area contributed by atoms with Gasteiger partial charge < -0.3 is 4.74 Å². The van der Waals surface area contributed by atoms with Crippen molar-refractivity contribution < 1.29 is 19.2 Å². The summed E-state index contributed by atoms with van der Waals surface area (Å²) >= 11 is 4.86. The largest absolute Gasteiger partial charge is 0.454 e. The molecule has 0 aromatic heterocycles. The van der Waals surface area contributed by atoms with Gasteiger partial charge in [0.25, 0.3) is 5.69 Å². The summed E-state index contributed by atoms with van der Waals surface area (Å²) in [5.74, 6) is -1.15. The highest BCUT2D eigenvalue weighted by Crippen LogP contribution is 2.12. The van der Waals surface area contributed by atoms with E-state index in [9.17, 15) is 19.7 Å². The first-order valence-corrected chi connectivity index (χ1v) is 4.48. The van der Waals surface area contributed by atoms with Crippen molar-refractivity contribution in [3.63, 3.8) is 0 Å². The lowest BCUT2D eigenvalue weighted by atomic mass is 10.2. The van der Waals surface area contributed by atoms with Gasteiger partial charge in [0.15, 0.2) is 0 Å². The number of carbonyl (C=O) groups excluding carboxylic acids is 2. The minimum absolute atomic E-state index is 0.0662. The van der Waals surface area contributed by atoms with Gasteiger partial charge >= 0.3 is 11.2 Å². The van der Waals surface area contributed by atoms with Crippen LogP contribution < -0.4 is 0 Å². The Kier molecular flexibility index (Phi) is 3.96. The van der Waals surface area contributed by atoms with Gasteiger partial charge in [-0.2, -0.15) is 0 Å². The number of hydrogen-bond donors (Lipinski definition) is 0. The van der Waals surface area contributed by atoms with Gasteiger partial charge in [0.1, 0.15) is 6.61 Å². The number of hydrogen-bond acceptors (Lipinski definition) is 5. The summed E-state index contributed by atoms with van der Waals surface area (Å²) in [7, 11) is 0. The lowest BCUT2D eigenvalue weighted by molar-refractivity contribution is -0.384. The van der Waals surface area contributed by atoms with Crippen molar-refractivity contribution in [3.05, 3.63) is 39.9 Å². The Balaban J connectivity index is 2.59.